The number of rotatable bonds is 9. The summed E-state index contributed by atoms with van der Waals surface area (Å²) in [4.78, 5) is 38.3. The fraction of sp³-hybridized carbons (Fsp3) is 0.143. The highest BCUT2D eigenvalue weighted by molar-refractivity contribution is 8.26. The average Bonchev–Trinajstić information content (AvgIpc) is 3.20. The number of anilines is 1. The second kappa shape index (κ2) is 12.5. The quantitative estimate of drug-likeness (QED) is 0.288. The number of carbonyl (C=O) groups excluding carboxylic acids is 3. The summed E-state index contributed by atoms with van der Waals surface area (Å²) in [5, 5.41) is 3.85. The van der Waals surface area contributed by atoms with Gasteiger partial charge in [-0.25, -0.2) is 0 Å². The van der Waals surface area contributed by atoms with Gasteiger partial charge in [0.25, 0.3) is 17.7 Å². The van der Waals surface area contributed by atoms with Crippen LogP contribution in [0.4, 0.5) is 5.69 Å². The zero-order chi connectivity index (χ0) is 27.9. The van der Waals surface area contributed by atoms with Crippen molar-refractivity contribution in [1.29, 1.82) is 0 Å². The molecule has 200 valence electrons. The third-order valence-electron chi connectivity index (χ3n) is 5.62. The van der Waals surface area contributed by atoms with E-state index in [2.05, 4.69) is 10.7 Å². The Morgan fingerprint density at radius 3 is 2.44 bits per heavy atom. The molecule has 0 unspecified atom stereocenters. The number of thioether (sulfide) groups is 1. The summed E-state index contributed by atoms with van der Waals surface area (Å²) in [6, 6.07) is 19.0. The third kappa shape index (κ3) is 6.75. The molecule has 0 aromatic heterocycles. The van der Waals surface area contributed by atoms with Crippen LogP contribution in [-0.2, 0) is 9.59 Å². The van der Waals surface area contributed by atoms with E-state index in [1.807, 2.05) is 31.2 Å². The fourth-order valence-corrected chi connectivity index (χ4v) is 4.74. The van der Waals surface area contributed by atoms with Crippen molar-refractivity contribution >= 4 is 57.8 Å². The standard InChI is InChI=1S/C28H25N3O6S2/c1-17-6-4-5-7-21(17)29-25(32)16-37-22-13-8-18(14-23(22)36-3)15-24-27(34)31(28(38)39-24)30-26(33)19-9-11-20(35-2)12-10-19/h4-15H,16H2,1-3H3,(H,29,32)(H,30,33)/b24-15-. The van der Waals surface area contributed by atoms with Gasteiger partial charge in [0.15, 0.2) is 22.4 Å². The molecule has 1 aliphatic rings. The number of para-hydroxylation sites is 1. The highest BCUT2D eigenvalue weighted by atomic mass is 32.2. The molecule has 1 fully saturated rings. The SMILES string of the molecule is COc1ccc(C(=O)NN2C(=O)/C(=C/c3ccc(OCC(=O)Nc4ccccc4C)c(OC)c3)SC2=S)cc1. The number of methoxy groups -OCH3 is 2. The van der Waals surface area contributed by atoms with Gasteiger partial charge in [0.1, 0.15) is 5.75 Å². The minimum absolute atomic E-state index is 0.194. The molecular weight excluding hydrogens is 538 g/mol. The van der Waals surface area contributed by atoms with Gasteiger partial charge in [0.05, 0.1) is 19.1 Å². The van der Waals surface area contributed by atoms with E-state index in [-0.39, 0.29) is 16.8 Å². The van der Waals surface area contributed by atoms with Gasteiger partial charge in [-0.2, -0.15) is 5.01 Å². The highest BCUT2D eigenvalue weighted by Crippen LogP contribution is 2.34. The van der Waals surface area contributed by atoms with Crippen molar-refractivity contribution < 1.29 is 28.6 Å². The Labute approximate surface area is 235 Å². The molecule has 1 saturated heterocycles. The van der Waals surface area contributed by atoms with Gasteiger partial charge in [-0.15, -0.1) is 0 Å². The van der Waals surface area contributed by atoms with E-state index in [1.54, 1.807) is 48.5 Å². The Kier molecular flexibility index (Phi) is 8.84. The first kappa shape index (κ1) is 27.7. The third-order valence-corrected chi connectivity index (χ3v) is 6.92. The molecule has 0 atom stereocenters. The van der Waals surface area contributed by atoms with Gasteiger partial charge in [-0.05, 0) is 78.8 Å². The number of hydrazine groups is 1. The van der Waals surface area contributed by atoms with Crippen molar-refractivity contribution in [1.82, 2.24) is 10.4 Å². The summed E-state index contributed by atoms with van der Waals surface area (Å²) >= 11 is 6.37. The normalized spacial score (nSPS) is 13.8. The summed E-state index contributed by atoms with van der Waals surface area (Å²) in [6.07, 6.45) is 1.63. The number of nitrogens with one attached hydrogen (secondary N) is 2. The molecular formula is C28H25N3O6S2. The number of amides is 3. The molecule has 3 amide bonds. The molecule has 1 heterocycles. The van der Waals surface area contributed by atoms with Crippen LogP contribution in [0, 0.1) is 6.92 Å². The van der Waals surface area contributed by atoms with Crippen molar-refractivity contribution in [3.63, 3.8) is 0 Å². The Morgan fingerprint density at radius 1 is 1.00 bits per heavy atom. The molecule has 0 radical (unpaired) electrons. The molecule has 1 aliphatic heterocycles. The van der Waals surface area contributed by atoms with Gasteiger partial charge in [-0.3, -0.25) is 19.8 Å². The van der Waals surface area contributed by atoms with Crippen LogP contribution in [0.2, 0.25) is 0 Å². The highest BCUT2D eigenvalue weighted by Gasteiger charge is 2.34. The van der Waals surface area contributed by atoms with Crippen molar-refractivity contribution in [3.8, 4) is 17.2 Å². The zero-order valence-electron chi connectivity index (χ0n) is 21.3. The number of ether oxygens (including phenoxy) is 3. The second-order valence-electron chi connectivity index (χ2n) is 8.25. The molecule has 9 nitrogen and oxygen atoms in total. The summed E-state index contributed by atoms with van der Waals surface area (Å²) in [7, 11) is 3.01. The monoisotopic (exact) mass is 563 g/mol. The number of hydrogen-bond acceptors (Lipinski definition) is 8. The average molecular weight is 564 g/mol. The van der Waals surface area contributed by atoms with E-state index < -0.39 is 11.8 Å². The summed E-state index contributed by atoms with van der Waals surface area (Å²) in [5.41, 5.74) is 5.20. The van der Waals surface area contributed by atoms with Gasteiger partial charge < -0.3 is 19.5 Å². The molecule has 39 heavy (non-hydrogen) atoms. The van der Waals surface area contributed by atoms with Crippen molar-refractivity contribution in [2.24, 2.45) is 0 Å². The predicted octanol–water partition coefficient (Wildman–Crippen LogP) is 4.58. The van der Waals surface area contributed by atoms with Crippen LogP contribution in [0.15, 0.2) is 71.6 Å². The molecule has 4 rings (SSSR count). The van der Waals surface area contributed by atoms with Crippen molar-refractivity contribution in [3.05, 3.63) is 88.3 Å². The van der Waals surface area contributed by atoms with Crippen LogP contribution in [-0.4, -0.2) is 47.9 Å². The van der Waals surface area contributed by atoms with Crippen LogP contribution in [0.1, 0.15) is 21.5 Å². The summed E-state index contributed by atoms with van der Waals surface area (Å²) in [6.45, 7) is 1.69. The Hall–Kier alpha value is -4.35. The molecule has 3 aromatic carbocycles. The molecule has 3 aromatic rings. The van der Waals surface area contributed by atoms with Crippen LogP contribution >= 0.6 is 24.0 Å². The van der Waals surface area contributed by atoms with Gasteiger partial charge in [0.2, 0.25) is 0 Å². The van der Waals surface area contributed by atoms with Crippen molar-refractivity contribution in [2.75, 3.05) is 26.1 Å². The lowest BCUT2D eigenvalue weighted by molar-refractivity contribution is -0.123. The van der Waals surface area contributed by atoms with E-state index in [9.17, 15) is 14.4 Å². The molecule has 0 saturated carbocycles. The fourth-order valence-electron chi connectivity index (χ4n) is 3.56. The number of hydrogen-bond donors (Lipinski definition) is 2. The van der Waals surface area contributed by atoms with Crippen LogP contribution in [0.25, 0.3) is 6.08 Å². The number of benzene rings is 3. The molecule has 0 aliphatic carbocycles. The lowest BCUT2D eigenvalue weighted by Crippen LogP contribution is -2.44. The van der Waals surface area contributed by atoms with E-state index in [1.165, 1.54) is 14.2 Å². The Bertz CT molecular complexity index is 1460. The van der Waals surface area contributed by atoms with Gasteiger partial charge in [0, 0.05) is 11.3 Å². The summed E-state index contributed by atoms with van der Waals surface area (Å²) in [5.74, 6) is 0.113. The first-order valence-corrected chi connectivity index (χ1v) is 12.9. The predicted molar refractivity (Wildman–Crippen MR) is 154 cm³/mol. The first-order chi connectivity index (χ1) is 18.8. The number of aryl methyl sites for hydroxylation is 1. The Balaban J connectivity index is 1.40. The van der Waals surface area contributed by atoms with Crippen LogP contribution in [0.5, 0.6) is 17.2 Å². The largest absolute Gasteiger partial charge is 0.497 e. The lowest BCUT2D eigenvalue weighted by Gasteiger charge is -2.15. The zero-order valence-corrected chi connectivity index (χ0v) is 23.0. The maximum absolute atomic E-state index is 13.0. The van der Waals surface area contributed by atoms with Crippen LogP contribution in [0.3, 0.4) is 0 Å². The molecule has 11 heteroatoms. The van der Waals surface area contributed by atoms with Gasteiger partial charge >= 0.3 is 0 Å². The maximum Gasteiger partial charge on any atom is 0.285 e. The van der Waals surface area contributed by atoms with E-state index in [0.29, 0.717) is 39.0 Å². The number of thiocarbonyl (C=S) groups is 1. The topological polar surface area (TPSA) is 106 Å². The van der Waals surface area contributed by atoms with E-state index in [0.717, 1.165) is 22.3 Å². The van der Waals surface area contributed by atoms with E-state index >= 15 is 0 Å². The molecule has 0 spiro atoms. The Morgan fingerprint density at radius 2 is 1.74 bits per heavy atom. The minimum Gasteiger partial charge on any atom is -0.497 e. The first-order valence-electron chi connectivity index (χ1n) is 11.7. The van der Waals surface area contributed by atoms with Crippen molar-refractivity contribution in [2.45, 2.75) is 6.92 Å². The van der Waals surface area contributed by atoms with E-state index in [4.69, 9.17) is 26.4 Å². The number of nitrogens with zero attached hydrogens (tertiary/aromatic N) is 1. The minimum atomic E-state index is -0.482. The van der Waals surface area contributed by atoms with Gasteiger partial charge in [-0.1, -0.05) is 36.0 Å². The smallest absolute Gasteiger partial charge is 0.285 e. The maximum atomic E-state index is 13.0. The summed E-state index contributed by atoms with van der Waals surface area (Å²) < 4.78 is 16.4. The molecule has 0 bridgehead atoms. The lowest BCUT2D eigenvalue weighted by atomic mass is 10.2. The number of carbonyl (C=O) groups is 3. The second-order valence-corrected chi connectivity index (χ2v) is 9.92. The van der Waals surface area contributed by atoms with Crippen LogP contribution < -0.4 is 25.0 Å². The molecule has 2 N–H and O–H groups in total.